The van der Waals surface area contributed by atoms with Gasteiger partial charge in [0.15, 0.2) is 0 Å². The number of hydrogen-bond donors (Lipinski definition) is 0. The molecule has 0 saturated heterocycles. The van der Waals surface area contributed by atoms with E-state index in [2.05, 4.69) is 45.2 Å². The normalized spacial score (nSPS) is 16.2. The van der Waals surface area contributed by atoms with Crippen LogP contribution < -0.4 is 0 Å². The van der Waals surface area contributed by atoms with E-state index < -0.39 is 0 Å². The summed E-state index contributed by atoms with van der Waals surface area (Å²) in [4.78, 5) is 10.8. The van der Waals surface area contributed by atoms with E-state index in [-0.39, 0.29) is 11.9 Å². The highest BCUT2D eigenvalue weighted by atomic mass is 127. The number of carbonyl (C=O) groups excluding carboxylic acids is 1. The Morgan fingerprint density at radius 1 is 1.50 bits per heavy atom. The quantitative estimate of drug-likeness (QED) is 0.428. The molecule has 0 N–H and O–H groups in total. The predicted molar refractivity (Wildman–Crippen MR) is 54.9 cm³/mol. The van der Waals surface area contributed by atoms with Crippen LogP contribution in [0.4, 0.5) is 0 Å². The van der Waals surface area contributed by atoms with Crippen LogP contribution in [0.1, 0.15) is 12.8 Å². The van der Waals surface area contributed by atoms with Crippen LogP contribution in [-0.2, 0) is 9.53 Å². The second kappa shape index (κ2) is 3.89. The van der Waals surface area contributed by atoms with Crippen LogP contribution in [0.25, 0.3) is 0 Å². The Morgan fingerprint density at radius 3 is 2.50 bits per heavy atom. The Bertz CT molecular complexity index is 169. The predicted octanol–water partition coefficient (Wildman–Crippen LogP) is 2.61. The number of esters is 1. The molecule has 1 saturated carbocycles. The number of carbonyl (C=O) groups is 1. The molecule has 0 bridgehead atoms. The molecule has 0 aromatic rings. The first-order valence-corrected chi connectivity index (χ1v) is 5.07. The summed E-state index contributed by atoms with van der Waals surface area (Å²) in [6.45, 7) is 0. The standard InChI is InChI=1S/C6H6I2O2/c7-5(8)3-10-6(9)4-1-2-4/h3-4H,1-2H2. The molecule has 4 heteroatoms. The second-order valence-corrected chi connectivity index (χ2v) is 6.51. The zero-order valence-electron chi connectivity index (χ0n) is 5.14. The van der Waals surface area contributed by atoms with Crippen molar-refractivity contribution in [2.75, 3.05) is 0 Å². The summed E-state index contributed by atoms with van der Waals surface area (Å²) in [5, 5.41) is 0. The van der Waals surface area contributed by atoms with E-state index in [1.807, 2.05) is 0 Å². The number of hydrogen-bond acceptors (Lipinski definition) is 2. The molecule has 10 heavy (non-hydrogen) atoms. The van der Waals surface area contributed by atoms with E-state index in [9.17, 15) is 4.79 Å². The lowest BCUT2D eigenvalue weighted by molar-refractivity contribution is -0.139. The van der Waals surface area contributed by atoms with Crippen molar-refractivity contribution in [3.05, 3.63) is 7.85 Å². The molecule has 1 aliphatic rings. The maximum absolute atomic E-state index is 10.8. The largest absolute Gasteiger partial charge is 0.433 e. The van der Waals surface area contributed by atoms with Crippen LogP contribution in [0, 0.1) is 5.92 Å². The summed E-state index contributed by atoms with van der Waals surface area (Å²) in [7, 11) is 0. The Balaban J connectivity index is 2.24. The van der Waals surface area contributed by atoms with Gasteiger partial charge in [-0.2, -0.15) is 0 Å². The van der Waals surface area contributed by atoms with Gasteiger partial charge in [-0.3, -0.25) is 4.79 Å². The third-order valence-electron chi connectivity index (χ3n) is 1.17. The van der Waals surface area contributed by atoms with E-state index in [1.54, 1.807) is 0 Å². The van der Waals surface area contributed by atoms with Crippen molar-refractivity contribution < 1.29 is 9.53 Å². The lowest BCUT2D eigenvalue weighted by Crippen LogP contribution is -2.00. The van der Waals surface area contributed by atoms with Crippen molar-refractivity contribution in [2.45, 2.75) is 12.8 Å². The van der Waals surface area contributed by atoms with Gasteiger partial charge in [0.25, 0.3) is 0 Å². The Labute approximate surface area is 86.7 Å². The van der Waals surface area contributed by atoms with Gasteiger partial charge in [-0.15, -0.1) is 0 Å². The molecule has 0 atom stereocenters. The van der Waals surface area contributed by atoms with E-state index in [0.29, 0.717) is 0 Å². The van der Waals surface area contributed by atoms with Gasteiger partial charge in [0.2, 0.25) is 0 Å². The van der Waals surface area contributed by atoms with Gasteiger partial charge < -0.3 is 4.74 Å². The van der Waals surface area contributed by atoms with Crippen molar-refractivity contribution in [1.29, 1.82) is 0 Å². The van der Waals surface area contributed by atoms with Gasteiger partial charge >= 0.3 is 5.97 Å². The minimum absolute atomic E-state index is 0.0779. The fourth-order valence-corrected chi connectivity index (χ4v) is 0.772. The minimum Gasteiger partial charge on any atom is -0.433 e. The summed E-state index contributed by atoms with van der Waals surface area (Å²) in [6, 6.07) is 0. The van der Waals surface area contributed by atoms with Gasteiger partial charge in [-0.25, -0.2) is 0 Å². The molecule has 0 radical (unpaired) electrons. The monoisotopic (exact) mass is 364 g/mol. The first kappa shape index (κ1) is 8.76. The second-order valence-electron chi connectivity index (χ2n) is 2.12. The van der Waals surface area contributed by atoms with Gasteiger partial charge in [-0.1, -0.05) is 0 Å². The topological polar surface area (TPSA) is 26.3 Å². The van der Waals surface area contributed by atoms with Crippen LogP contribution in [0.3, 0.4) is 0 Å². The fourth-order valence-electron chi connectivity index (χ4n) is 0.518. The highest BCUT2D eigenvalue weighted by Crippen LogP contribution is 2.30. The lowest BCUT2D eigenvalue weighted by Gasteiger charge is -1.93. The number of rotatable bonds is 2. The van der Waals surface area contributed by atoms with Gasteiger partial charge in [0, 0.05) is 0 Å². The molecule has 0 aromatic carbocycles. The van der Waals surface area contributed by atoms with E-state index in [1.165, 1.54) is 6.26 Å². The molecule has 0 unspecified atom stereocenters. The highest BCUT2D eigenvalue weighted by Gasteiger charge is 2.30. The molecule has 1 aliphatic carbocycles. The maximum atomic E-state index is 10.8. The Kier molecular flexibility index (Phi) is 3.41. The van der Waals surface area contributed by atoms with Crippen molar-refractivity contribution in [1.82, 2.24) is 0 Å². The molecule has 0 aromatic heterocycles. The summed E-state index contributed by atoms with van der Waals surface area (Å²) in [6.07, 6.45) is 3.50. The van der Waals surface area contributed by atoms with Gasteiger partial charge in [-0.05, 0) is 58.0 Å². The average molecular weight is 364 g/mol. The number of ether oxygens (including phenoxy) is 1. The zero-order valence-corrected chi connectivity index (χ0v) is 9.46. The molecular formula is C6H6I2O2. The van der Waals surface area contributed by atoms with Gasteiger partial charge in [0.1, 0.15) is 6.26 Å². The van der Waals surface area contributed by atoms with Crippen molar-refractivity contribution >= 4 is 51.2 Å². The molecular weight excluding hydrogens is 358 g/mol. The summed E-state index contributed by atoms with van der Waals surface area (Å²) < 4.78 is 5.77. The van der Waals surface area contributed by atoms with Crippen molar-refractivity contribution in [3.8, 4) is 0 Å². The Hall–Kier alpha value is 0.670. The average Bonchev–Trinajstić information content (AvgIpc) is 2.63. The molecule has 1 rings (SSSR count). The summed E-state index contributed by atoms with van der Waals surface area (Å²) in [5.74, 6) is 0.120. The minimum atomic E-state index is -0.0779. The molecule has 0 amide bonds. The van der Waals surface area contributed by atoms with Crippen LogP contribution in [0.15, 0.2) is 7.85 Å². The molecule has 2 nitrogen and oxygen atoms in total. The van der Waals surface area contributed by atoms with E-state index in [4.69, 9.17) is 4.74 Å². The smallest absolute Gasteiger partial charge is 0.313 e. The lowest BCUT2D eigenvalue weighted by atomic mass is 10.4. The van der Waals surface area contributed by atoms with E-state index >= 15 is 0 Å². The zero-order chi connectivity index (χ0) is 7.56. The molecule has 0 aliphatic heterocycles. The van der Waals surface area contributed by atoms with Crippen LogP contribution in [-0.4, -0.2) is 5.97 Å². The third-order valence-corrected chi connectivity index (χ3v) is 1.68. The summed E-state index contributed by atoms with van der Waals surface area (Å²) in [5.41, 5.74) is 0. The first-order chi connectivity index (χ1) is 4.70. The van der Waals surface area contributed by atoms with Crippen LogP contribution in [0.5, 0.6) is 0 Å². The fraction of sp³-hybridized carbons (Fsp3) is 0.500. The van der Waals surface area contributed by atoms with Crippen LogP contribution >= 0.6 is 45.2 Å². The number of halogens is 2. The highest BCUT2D eigenvalue weighted by molar-refractivity contribution is 14.2. The van der Waals surface area contributed by atoms with Gasteiger partial charge in [0.05, 0.1) is 7.50 Å². The molecule has 56 valence electrons. The maximum Gasteiger partial charge on any atom is 0.313 e. The van der Waals surface area contributed by atoms with Crippen molar-refractivity contribution in [2.24, 2.45) is 5.92 Å². The molecule has 0 heterocycles. The summed E-state index contributed by atoms with van der Waals surface area (Å²) >= 11 is 4.18. The van der Waals surface area contributed by atoms with E-state index in [0.717, 1.165) is 14.4 Å². The van der Waals surface area contributed by atoms with Crippen LogP contribution in [0.2, 0.25) is 0 Å². The molecule has 0 spiro atoms. The Morgan fingerprint density at radius 2 is 2.10 bits per heavy atom. The molecule has 1 fully saturated rings. The third kappa shape index (κ3) is 3.18. The first-order valence-electron chi connectivity index (χ1n) is 2.92. The SMILES string of the molecule is O=C(OC=C(I)I)C1CC1. The van der Waals surface area contributed by atoms with Crippen molar-refractivity contribution in [3.63, 3.8) is 0 Å².